The molecule has 0 spiro atoms. The number of carbonyl (C=O) groups is 1. The highest BCUT2D eigenvalue weighted by molar-refractivity contribution is 7.17. The predicted octanol–water partition coefficient (Wildman–Crippen LogP) is 2.30. The van der Waals surface area contributed by atoms with Crippen LogP contribution in [0.5, 0.6) is 5.75 Å². The Morgan fingerprint density at radius 3 is 3.00 bits per heavy atom. The van der Waals surface area contributed by atoms with E-state index in [2.05, 4.69) is 0 Å². The highest BCUT2D eigenvalue weighted by Crippen LogP contribution is 2.36. The van der Waals surface area contributed by atoms with Crippen LogP contribution in [0.3, 0.4) is 0 Å². The van der Waals surface area contributed by atoms with E-state index in [4.69, 9.17) is 10.5 Å². The lowest BCUT2D eigenvalue weighted by molar-refractivity contribution is 0.112. The molecule has 0 aliphatic carbocycles. The van der Waals surface area contributed by atoms with E-state index in [-0.39, 0.29) is 0 Å². The molecule has 14 heavy (non-hydrogen) atoms. The van der Waals surface area contributed by atoms with Gasteiger partial charge in [0.25, 0.3) is 0 Å². The zero-order chi connectivity index (χ0) is 10.1. The van der Waals surface area contributed by atoms with E-state index in [1.165, 1.54) is 0 Å². The van der Waals surface area contributed by atoms with E-state index in [9.17, 15) is 4.79 Å². The molecule has 3 nitrogen and oxygen atoms in total. The SMILES string of the molecule is COc1c(C=O)cc(N)c2sccc12. The summed E-state index contributed by atoms with van der Waals surface area (Å²) >= 11 is 1.54. The maximum atomic E-state index is 10.8. The van der Waals surface area contributed by atoms with Gasteiger partial charge in [0.15, 0.2) is 6.29 Å². The first-order chi connectivity index (χ1) is 6.77. The molecule has 0 unspecified atom stereocenters. The minimum absolute atomic E-state index is 0.496. The van der Waals surface area contributed by atoms with Crippen molar-refractivity contribution in [3.8, 4) is 5.75 Å². The van der Waals surface area contributed by atoms with Crippen LogP contribution in [0, 0.1) is 0 Å². The average molecular weight is 207 g/mol. The van der Waals surface area contributed by atoms with Crippen molar-refractivity contribution in [2.24, 2.45) is 0 Å². The summed E-state index contributed by atoms with van der Waals surface area (Å²) in [5.74, 6) is 0.602. The summed E-state index contributed by atoms with van der Waals surface area (Å²) in [6, 6.07) is 3.55. The topological polar surface area (TPSA) is 52.3 Å². The highest BCUT2D eigenvalue weighted by atomic mass is 32.1. The quantitative estimate of drug-likeness (QED) is 0.607. The summed E-state index contributed by atoms with van der Waals surface area (Å²) in [5.41, 5.74) is 6.92. The van der Waals surface area contributed by atoms with Crippen LogP contribution in [0.15, 0.2) is 17.5 Å². The monoisotopic (exact) mass is 207 g/mol. The summed E-state index contributed by atoms with van der Waals surface area (Å²) < 4.78 is 6.15. The number of nitrogen functional groups attached to an aromatic ring is 1. The van der Waals surface area contributed by atoms with Crippen LogP contribution in [-0.4, -0.2) is 13.4 Å². The van der Waals surface area contributed by atoms with Crippen LogP contribution in [0.1, 0.15) is 10.4 Å². The molecule has 0 bridgehead atoms. The maximum absolute atomic E-state index is 10.8. The van der Waals surface area contributed by atoms with Gasteiger partial charge in [0.2, 0.25) is 0 Å². The molecule has 1 heterocycles. The fraction of sp³-hybridized carbons (Fsp3) is 0.100. The second-order valence-corrected chi connectivity index (χ2v) is 3.79. The Morgan fingerprint density at radius 2 is 2.36 bits per heavy atom. The van der Waals surface area contributed by atoms with Gasteiger partial charge in [-0.2, -0.15) is 0 Å². The highest BCUT2D eigenvalue weighted by Gasteiger charge is 2.11. The minimum atomic E-state index is 0.496. The van der Waals surface area contributed by atoms with Crippen molar-refractivity contribution in [2.45, 2.75) is 0 Å². The Bertz CT molecular complexity index is 490. The van der Waals surface area contributed by atoms with Crippen molar-refractivity contribution >= 4 is 33.4 Å². The van der Waals surface area contributed by atoms with Crippen molar-refractivity contribution in [3.63, 3.8) is 0 Å². The van der Waals surface area contributed by atoms with Crippen molar-refractivity contribution < 1.29 is 9.53 Å². The molecule has 0 aliphatic rings. The smallest absolute Gasteiger partial charge is 0.153 e. The van der Waals surface area contributed by atoms with Crippen LogP contribution in [-0.2, 0) is 0 Å². The largest absolute Gasteiger partial charge is 0.495 e. The summed E-state index contributed by atoms with van der Waals surface area (Å²) in [4.78, 5) is 10.8. The van der Waals surface area contributed by atoms with E-state index < -0.39 is 0 Å². The molecule has 2 rings (SSSR count). The number of hydrogen-bond acceptors (Lipinski definition) is 4. The van der Waals surface area contributed by atoms with Gasteiger partial charge in [-0.25, -0.2) is 0 Å². The number of benzene rings is 1. The van der Waals surface area contributed by atoms with E-state index >= 15 is 0 Å². The molecule has 0 aliphatic heterocycles. The Balaban J connectivity index is 2.88. The van der Waals surface area contributed by atoms with Crippen LogP contribution < -0.4 is 10.5 Å². The first-order valence-electron chi connectivity index (χ1n) is 4.06. The lowest BCUT2D eigenvalue weighted by Gasteiger charge is -2.06. The number of nitrogens with two attached hydrogens (primary N) is 1. The Kier molecular flexibility index (Phi) is 2.13. The van der Waals surface area contributed by atoms with Gasteiger partial charge >= 0.3 is 0 Å². The van der Waals surface area contributed by atoms with E-state index in [1.807, 2.05) is 11.4 Å². The maximum Gasteiger partial charge on any atom is 0.153 e. The predicted molar refractivity (Wildman–Crippen MR) is 58.2 cm³/mol. The first kappa shape index (κ1) is 9.02. The summed E-state index contributed by atoms with van der Waals surface area (Å²) in [7, 11) is 1.55. The normalized spacial score (nSPS) is 10.4. The van der Waals surface area contributed by atoms with Crippen molar-refractivity contribution in [1.82, 2.24) is 0 Å². The number of carbonyl (C=O) groups excluding carboxylic acids is 1. The molecule has 0 radical (unpaired) electrons. The second kappa shape index (κ2) is 3.31. The molecule has 0 saturated heterocycles. The standard InChI is InChI=1S/C10H9NO2S/c1-13-9-6(5-12)4-8(11)10-7(9)2-3-14-10/h2-5H,11H2,1H3. The number of fused-ring (bicyclic) bond motifs is 1. The fourth-order valence-corrected chi connectivity index (χ4v) is 2.30. The van der Waals surface area contributed by atoms with Gasteiger partial charge in [-0.05, 0) is 17.5 Å². The van der Waals surface area contributed by atoms with Gasteiger partial charge in [0, 0.05) is 5.39 Å². The molecule has 2 aromatic rings. The summed E-state index contributed by atoms with van der Waals surface area (Å²) in [5, 5.41) is 2.83. The number of hydrogen-bond donors (Lipinski definition) is 1. The van der Waals surface area contributed by atoms with Crippen molar-refractivity contribution in [1.29, 1.82) is 0 Å². The number of rotatable bonds is 2. The number of aldehydes is 1. The lowest BCUT2D eigenvalue weighted by Crippen LogP contribution is -1.94. The first-order valence-corrected chi connectivity index (χ1v) is 4.94. The number of anilines is 1. The molecule has 0 fully saturated rings. The van der Waals surface area contributed by atoms with Gasteiger partial charge in [-0.15, -0.1) is 11.3 Å². The lowest BCUT2D eigenvalue weighted by atomic mass is 10.1. The molecule has 0 saturated carbocycles. The van der Waals surface area contributed by atoms with Crippen molar-refractivity contribution in [3.05, 3.63) is 23.1 Å². The second-order valence-electron chi connectivity index (χ2n) is 2.87. The van der Waals surface area contributed by atoms with Gasteiger partial charge in [0.1, 0.15) is 5.75 Å². The van der Waals surface area contributed by atoms with Gasteiger partial charge in [-0.1, -0.05) is 0 Å². The van der Waals surface area contributed by atoms with E-state index in [0.29, 0.717) is 17.0 Å². The third kappa shape index (κ3) is 1.15. The zero-order valence-corrected chi connectivity index (χ0v) is 8.43. The Morgan fingerprint density at radius 1 is 1.57 bits per heavy atom. The van der Waals surface area contributed by atoms with E-state index in [0.717, 1.165) is 16.4 Å². The Hall–Kier alpha value is -1.55. The minimum Gasteiger partial charge on any atom is -0.495 e. The van der Waals surface area contributed by atoms with Gasteiger partial charge in [-0.3, -0.25) is 4.79 Å². The molecule has 1 aromatic heterocycles. The average Bonchev–Trinajstić information content (AvgIpc) is 2.66. The summed E-state index contributed by atoms with van der Waals surface area (Å²) in [6.07, 6.45) is 0.756. The fourth-order valence-electron chi connectivity index (χ4n) is 1.48. The van der Waals surface area contributed by atoms with Crippen LogP contribution in [0.4, 0.5) is 5.69 Å². The molecular formula is C10H9NO2S. The Labute approximate surface area is 85.1 Å². The molecule has 72 valence electrons. The molecule has 2 N–H and O–H groups in total. The van der Waals surface area contributed by atoms with Crippen LogP contribution in [0.2, 0.25) is 0 Å². The van der Waals surface area contributed by atoms with Gasteiger partial charge in [0.05, 0.1) is 23.1 Å². The molecule has 0 amide bonds. The van der Waals surface area contributed by atoms with E-state index in [1.54, 1.807) is 24.5 Å². The third-order valence-corrected chi connectivity index (χ3v) is 3.04. The number of methoxy groups -OCH3 is 1. The molecule has 0 atom stereocenters. The summed E-state index contributed by atoms with van der Waals surface area (Å²) in [6.45, 7) is 0. The van der Waals surface area contributed by atoms with Gasteiger partial charge < -0.3 is 10.5 Å². The van der Waals surface area contributed by atoms with Crippen molar-refractivity contribution in [2.75, 3.05) is 12.8 Å². The van der Waals surface area contributed by atoms with Crippen LogP contribution in [0.25, 0.3) is 10.1 Å². The molecule has 4 heteroatoms. The number of thiophene rings is 1. The third-order valence-electron chi connectivity index (χ3n) is 2.08. The number of ether oxygens (including phenoxy) is 1. The molecule has 1 aromatic carbocycles. The zero-order valence-electron chi connectivity index (χ0n) is 7.61. The molecular weight excluding hydrogens is 198 g/mol. The van der Waals surface area contributed by atoms with Crippen LogP contribution >= 0.6 is 11.3 Å².